The van der Waals surface area contributed by atoms with Gasteiger partial charge in [-0.2, -0.15) is 0 Å². The number of halogens is 2. The number of aliphatic imine (C=N–C) groups is 1. The molecule has 1 aromatic carbocycles. The number of anilines is 1. The first-order valence-electron chi connectivity index (χ1n) is 8.19. The molecule has 134 valence electrons. The number of fused-ring (bicyclic) bond motifs is 1. The van der Waals surface area contributed by atoms with Crippen LogP contribution in [0.1, 0.15) is 28.9 Å². The lowest BCUT2D eigenvalue weighted by Gasteiger charge is -2.16. The molecule has 1 aliphatic carbocycles. The number of thioether (sulfide) groups is 1. The lowest BCUT2D eigenvalue weighted by molar-refractivity contribution is 0.102. The molecule has 4 rings (SSSR count). The summed E-state index contributed by atoms with van der Waals surface area (Å²) in [4.78, 5) is 21.2. The first-order valence-corrected chi connectivity index (χ1v) is 9.93. The van der Waals surface area contributed by atoms with Crippen molar-refractivity contribution >= 4 is 51.7 Å². The fraction of sp³-hybridized carbons (Fsp3) is 0.278. The number of nitrogens with two attached hydrogens (primary N) is 1. The number of hydrogen-bond acceptors (Lipinski definition) is 5. The lowest BCUT2D eigenvalue weighted by Crippen LogP contribution is -2.16. The highest BCUT2D eigenvalue weighted by molar-refractivity contribution is 8.13. The minimum absolute atomic E-state index is 0.293. The molecule has 8 heteroatoms. The number of amidine groups is 1. The Kier molecular flexibility index (Phi) is 4.59. The van der Waals surface area contributed by atoms with Gasteiger partial charge in [-0.05, 0) is 49.1 Å². The topological polar surface area (TPSA) is 80.4 Å². The molecule has 1 amide bonds. The third-order valence-corrected chi connectivity index (χ3v) is 6.13. The van der Waals surface area contributed by atoms with E-state index in [-0.39, 0.29) is 11.4 Å². The SMILES string of the molecule is NC1=N[C@@]2(c3cc(NC(=O)c4ccc(Cl)cn4)ccc3Cl)C[C@H]2CCS1. The van der Waals surface area contributed by atoms with Gasteiger partial charge in [-0.15, -0.1) is 0 Å². The molecule has 0 spiro atoms. The molecule has 1 saturated carbocycles. The number of aromatic nitrogens is 1. The fourth-order valence-electron chi connectivity index (χ4n) is 3.36. The minimum atomic E-state index is -0.357. The molecule has 0 saturated heterocycles. The zero-order valence-electron chi connectivity index (χ0n) is 13.7. The summed E-state index contributed by atoms with van der Waals surface area (Å²) < 4.78 is 0. The van der Waals surface area contributed by atoms with Gasteiger partial charge >= 0.3 is 0 Å². The highest BCUT2D eigenvalue weighted by atomic mass is 35.5. The van der Waals surface area contributed by atoms with Crippen LogP contribution >= 0.6 is 35.0 Å². The van der Waals surface area contributed by atoms with Gasteiger partial charge in [-0.3, -0.25) is 9.79 Å². The molecule has 26 heavy (non-hydrogen) atoms. The number of nitrogens with zero attached hydrogens (tertiary/aromatic N) is 2. The van der Waals surface area contributed by atoms with Gasteiger partial charge in [0, 0.05) is 28.2 Å². The molecule has 0 bridgehead atoms. The molecule has 2 aliphatic rings. The van der Waals surface area contributed by atoms with Gasteiger partial charge in [-0.25, -0.2) is 4.98 Å². The minimum Gasteiger partial charge on any atom is -0.379 e. The molecule has 3 N–H and O–H groups in total. The van der Waals surface area contributed by atoms with Crippen molar-refractivity contribution in [1.29, 1.82) is 0 Å². The first kappa shape index (κ1) is 17.6. The zero-order chi connectivity index (χ0) is 18.3. The summed E-state index contributed by atoms with van der Waals surface area (Å²) in [6, 6.07) is 8.66. The van der Waals surface area contributed by atoms with Gasteiger partial charge in [0.05, 0.1) is 10.6 Å². The Balaban J connectivity index is 1.62. The number of carbonyl (C=O) groups excluding carboxylic acids is 1. The number of pyridine rings is 1. The van der Waals surface area contributed by atoms with E-state index in [9.17, 15) is 4.79 Å². The summed E-state index contributed by atoms with van der Waals surface area (Å²) in [7, 11) is 0. The van der Waals surface area contributed by atoms with Gasteiger partial charge in [-0.1, -0.05) is 35.0 Å². The Morgan fingerprint density at radius 2 is 2.15 bits per heavy atom. The van der Waals surface area contributed by atoms with Crippen LogP contribution in [0.3, 0.4) is 0 Å². The van der Waals surface area contributed by atoms with Crippen molar-refractivity contribution in [1.82, 2.24) is 4.98 Å². The summed E-state index contributed by atoms with van der Waals surface area (Å²) in [6.45, 7) is 0. The van der Waals surface area contributed by atoms with Crippen molar-refractivity contribution in [3.05, 3.63) is 57.8 Å². The van der Waals surface area contributed by atoms with Crippen molar-refractivity contribution in [3.8, 4) is 0 Å². The Morgan fingerprint density at radius 1 is 1.31 bits per heavy atom. The maximum absolute atomic E-state index is 12.4. The highest BCUT2D eigenvalue weighted by Gasteiger charge is 2.57. The highest BCUT2D eigenvalue weighted by Crippen LogP contribution is 2.60. The van der Waals surface area contributed by atoms with Crippen LogP contribution in [0.15, 0.2) is 41.5 Å². The normalized spacial score (nSPS) is 24.2. The number of rotatable bonds is 3. The van der Waals surface area contributed by atoms with Crippen molar-refractivity contribution in [3.63, 3.8) is 0 Å². The number of hydrogen-bond donors (Lipinski definition) is 2. The van der Waals surface area contributed by atoms with Gasteiger partial charge in [0.2, 0.25) is 0 Å². The summed E-state index contributed by atoms with van der Waals surface area (Å²) in [5.41, 5.74) is 7.51. The first-order chi connectivity index (χ1) is 12.5. The van der Waals surface area contributed by atoms with E-state index in [4.69, 9.17) is 33.9 Å². The maximum Gasteiger partial charge on any atom is 0.274 e. The van der Waals surface area contributed by atoms with Gasteiger partial charge in [0.25, 0.3) is 5.91 Å². The molecule has 0 radical (unpaired) electrons. The smallest absolute Gasteiger partial charge is 0.274 e. The molecule has 5 nitrogen and oxygen atoms in total. The predicted molar refractivity (Wildman–Crippen MR) is 107 cm³/mol. The van der Waals surface area contributed by atoms with E-state index in [1.807, 2.05) is 6.07 Å². The average molecular weight is 407 g/mol. The molecule has 0 unspecified atom stereocenters. The molecule has 1 aromatic heterocycles. The Bertz CT molecular complexity index is 903. The van der Waals surface area contributed by atoms with E-state index in [0.717, 1.165) is 24.2 Å². The second-order valence-electron chi connectivity index (χ2n) is 6.42. The number of benzene rings is 1. The van der Waals surface area contributed by atoms with E-state index in [2.05, 4.69) is 10.3 Å². The Labute approximate surface area is 165 Å². The summed E-state index contributed by atoms with van der Waals surface area (Å²) >= 11 is 13.9. The van der Waals surface area contributed by atoms with Crippen LogP contribution < -0.4 is 11.1 Å². The standard InChI is InChI=1S/C18H16Cl2N4OS/c19-11-1-4-15(22-9-11)16(25)23-12-2-3-14(20)13(7-12)18-8-10(18)5-6-26-17(21)24-18/h1-4,7,9-10H,5-6,8H2,(H2,21,24)(H,23,25)/t10-,18+/m1/s1. The van der Waals surface area contributed by atoms with Crippen molar-refractivity contribution in [2.75, 3.05) is 11.1 Å². The number of carbonyl (C=O) groups is 1. The van der Waals surface area contributed by atoms with E-state index in [1.165, 1.54) is 6.20 Å². The second-order valence-corrected chi connectivity index (χ2v) is 8.38. The Morgan fingerprint density at radius 3 is 2.92 bits per heavy atom. The summed E-state index contributed by atoms with van der Waals surface area (Å²) in [6.07, 6.45) is 3.43. The van der Waals surface area contributed by atoms with E-state index < -0.39 is 0 Å². The van der Waals surface area contributed by atoms with Crippen LogP contribution in [0.2, 0.25) is 10.0 Å². The van der Waals surface area contributed by atoms with Crippen LogP contribution in [0.5, 0.6) is 0 Å². The molecule has 2 atom stereocenters. The molecular formula is C18H16Cl2N4OS. The van der Waals surface area contributed by atoms with Gasteiger partial charge in [0.15, 0.2) is 5.17 Å². The number of amides is 1. The largest absolute Gasteiger partial charge is 0.379 e. The van der Waals surface area contributed by atoms with E-state index >= 15 is 0 Å². The van der Waals surface area contributed by atoms with Crippen molar-refractivity contribution in [2.45, 2.75) is 18.4 Å². The third kappa shape index (κ3) is 3.29. The quantitative estimate of drug-likeness (QED) is 0.795. The van der Waals surface area contributed by atoms with E-state index in [0.29, 0.717) is 32.5 Å². The summed E-state index contributed by atoms with van der Waals surface area (Å²) in [5, 5.41) is 4.58. The van der Waals surface area contributed by atoms with Crippen LogP contribution in [-0.4, -0.2) is 21.8 Å². The molecule has 1 fully saturated rings. The molecule has 2 heterocycles. The Hall–Kier alpha value is -1.76. The van der Waals surface area contributed by atoms with Crippen molar-refractivity contribution in [2.24, 2.45) is 16.6 Å². The zero-order valence-corrected chi connectivity index (χ0v) is 16.0. The number of nitrogens with one attached hydrogen (secondary N) is 1. The monoisotopic (exact) mass is 406 g/mol. The molecule has 1 aliphatic heterocycles. The van der Waals surface area contributed by atoms with Crippen LogP contribution in [-0.2, 0) is 5.54 Å². The fourth-order valence-corrected chi connectivity index (χ4v) is 4.59. The maximum atomic E-state index is 12.4. The van der Waals surface area contributed by atoms with Crippen LogP contribution in [0, 0.1) is 5.92 Å². The lowest BCUT2D eigenvalue weighted by atomic mass is 10.0. The summed E-state index contributed by atoms with van der Waals surface area (Å²) in [5.74, 6) is 1.11. The van der Waals surface area contributed by atoms with Gasteiger partial charge < -0.3 is 11.1 Å². The molecule has 2 aromatic rings. The average Bonchev–Trinajstić information content (AvgIpc) is 3.31. The van der Waals surface area contributed by atoms with Gasteiger partial charge in [0.1, 0.15) is 5.69 Å². The van der Waals surface area contributed by atoms with Crippen molar-refractivity contribution < 1.29 is 4.79 Å². The molecular weight excluding hydrogens is 391 g/mol. The predicted octanol–water partition coefficient (Wildman–Crippen LogP) is 4.31. The second kappa shape index (κ2) is 6.76. The third-order valence-electron chi connectivity index (χ3n) is 4.75. The van der Waals surface area contributed by atoms with E-state index in [1.54, 1.807) is 36.0 Å². The van der Waals surface area contributed by atoms with Crippen LogP contribution in [0.25, 0.3) is 0 Å². The van der Waals surface area contributed by atoms with Crippen LogP contribution in [0.4, 0.5) is 5.69 Å².